The third-order valence-corrected chi connectivity index (χ3v) is 3.12. The molecule has 0 spiro atoms. The number of ether oxygens (including phenoxy) is 1. The second-order valence-electron chi connectivity index (χ2n) is 4.92. The normalized spacial score (nSPS) is 24.0. The van der Waals surface area contributed by atoms with Crippen LogP contribution >= 0.6 is 0 Å². The van der Waals surface area contributed by atoms with Crippen molar-refractivity contribution >= 4 is 11.9 Å². The number of hydrogen-bond acceptors (Lipinski definition) is 3. The van der Waals surface area contributed by atoms with E-state index in [1.807, 2.05) is 13.8 Å². The van der Waals surface area contributed by atoms with Crippen LogP contribution in [0.15, 0.2) is 0 Å². The van der Waals surface area contributed by atoms with Gasteiger partial charge in [0.05, 0.1) is 6.42 Å². The number of carbonyl (C=O) groups is 2. The van der Waals surface area contributed by atoms with Crippen LogP contribution in [0.1, 0.15) is 40.0 Å². The monoisotopic (exact) mass is 243 g/mol. The molecule has 1 aliphatic heterocycles. The van der Waals surface area contributed by atoms with Crippen molar-refractivity contribution in [2.75, 3.05) is 13.2 Å². The SMILES string of the molecule is CC(C)N(CCC(=O)O)C(=O)C1(C)CCCO1. The summed E-state index contributed by atoms with van der Waals surface area (Å²) in [6.07, 6.45) is 1.56. The van der Waals surface area contributed by atoms with Gasteiger partial charge in [-0.25, -0.2) is 0 Å². The van der Waals surface area contributed by atoms with E-state index in [9.17, 15) is 9.59 Å². The average molecular weight is 243 g/mol. The highest BCUT2D eigenvalue weighted by molar-refractivity contribution is 5.85. The van der Waals surface area contributed by atoms with Crippen molar-refractivity contribution in [3.05, 3.63) is 0 Å². The number of nitrogens with zero attached hydrogens (tertiary/aromatic N) is 1. The first-order chi connectivity index (χ1) is 7.87. The first-order valence-corrected chi connectivity index (χ1v) is 6.03. The number of hydrogen-bond donors (Lipinski definition) is 1. The highest BCUT2D eigenvalue weighted by atomic mass is 16.5. The van der Waals surface area contributed by atoms with Crippen molar-refractivity contribution in [1.82, 2.24) is 4.90 Å². The van der Waals surface area contributed by atoms with E-state index in [1.54, 1.807) is 11.8 Å². The van der Waals surface area contributed by atoms with E-state index in [2.05, 4.69) is 0 Å². The summed E-state index contributed by atoms with van der Waals surface area (Å²) in [5.41, 5.74) is -0.761. The molecule has 0 aromatic carbocycles. The van der Waals surface area contributed by atoms with Gasteiger partial charge in [-0.15, -0.1) is 0 Å². The third-order valence-electron chi connectivity index (χ3n) is 3.12. The molecule has 1 fully saturated rings. The van der Waals surface area contributed by atoms with Crippen LogP contribution in [0.2, 0.25) is 0 Å². The second-order valence-corrected chi connectivity index (χ2v) is 4.92. The lowest BCUT2D eigenvalue weighted by atomic mass is 10.00. The molecule has 1 aliphatic rings. The van der Waals surface area contributed by atoms with Crippen LogP contribution in [0.3, 0.4) is 0 Å². The summed E-state index contributed by atoms with van der Waals surface area (Å²) in [7, 11) is 0. The van der Waals surface area contributed by atoms with Crippen molar-refractivity contribution in [3.63, 3.8) is 0 Å². The summed E-state index contributed by atoms with van der Waals surface area (Å²) in [5.74, 6) is -0.979. The predicted molar refractivity (Wildman–Crippen MR) is 62.7 cm³/mol. The molecular formula is C12H21NO4. The number of carboxylic acids is 1. The van der Waals surface area contributed by atoms with Gasteiger partial charge in [0.1, 0.15) is 5.60 Å². The molecule has 5 heteroatoms. The Hall–Kier alpha value is -1.10. The fourth-order valence-electron chi connectivity index (χ4n) is 2.06. The van der Waals surface area contributed by atoms with Crippen molar-refractivity contribution in [2.24, 2.45) is 0 Å². The van der Waals surface area contributed by atoms with E-state index in [0.29, 0.717) is 13.0 Å². The summed E-state index contributed by atoms with van der Waals surface area (Å²) in [6.45, 7) is 6.41. The number of rotatable bonds is 5. The highest BCUT2D eigenvalue weighted by Gasteiger charge is 2.41. The Balaban J connectivity index is 2.69. The molecule has 0 saturated carbocycles. The zero-order valence-corrected chi connectivity index (χ0v) is 10.7. The summed E-state index contributed by atoms with van der Waals surface area (Å²) in [6, 6.07) is -0.0112. The molecule has 1 unspecified atom stereocenters. The topological polar surface area (TPSA) is 66.8 Å². The van der Waals surface area contributed by atoms with E-state index in [4.69, 9.17) is 9.84 Å². The first kappa shape index (κ1) is 14.0. The number of amides is 1. The van der Waals surface area contributed by atoms with Crippen LogP contribution in [0.4, 0.5) is 0 Å². The van der Waals surface area contributed by atoms with E-state index < -0.39 is 11.6 Å². The molecule has 1 saturated heterocycles. The lowest BCUT2D eigenvalue weighted by Crippen LogP contribution is -2.50. The van der Waals surface area contributed by atoms with E-state index >= 15 is 0 Å². The van der Waals surface area contributed by atoms with Crippen molar-refractivity contribution in [3.8, 4) is 0 Å². The van der Waals surface area contributed by atoms with Gasteiger partial charge in [-0.3, -0.25) is 9.59 Å². The quantitative estimate of drug-likeness (QED) is 0.789. The molecular weight excluding hydrogens is 222 g/mol. The predicted octanol–water partition coefficient (Wildman–Crippen LogP) is 1.27. The van der Waals surface area contributed by atoms with Crippen LogP contribution < -0.4 is 0 Å². The minimum absolute atomic E-state index is 0.0112. The fourth-order valence-corrected chi connectivity index (χ4v) is 2.06. The van der Waals surface area contributed by atoms with Crippen LogP contribution in [-0.4, -0.2) is 46.7 Å². The zero-order valence-electron chi connectivity index (χ0n) is 10.7. The van der Waals surface area contributed by atoms with Crippen LogP contribution in [-0.2, 0) is 14.3 Å². The molecule has 1 rings (SSSR count). The van der Waals surface area contributed by atoms with E-state index in [0.717, 1.165) is 6.42 Å². The Morgan fingerprint density at radius 3 is 2.53 bits per heavy atom. The molecule has 0 aliphatic carbocycles. The average Bonchev–Trinajstić information content (AvgIpc) is 2.65. The molecule has 1 atom stereocenters. The van der Waals surface area contributed by atoms with Crippen LogP contribution in [0.25, 0.3) is 0 Å². The van der Waals surface area contributed by atoms with Gasteiger partial charge < -0.3 is 14.7 Å². The van der Waals surface area contributed by atoms with Crippen molar-refractivity contribution in [2.45, 2.75) is 51.7 Å². The highest BCUT2D eigenvalue weighted by Crippen LogP contribution is 2.28. The summed E-state index contributed by atoms with van der Waals surface area (Å²) < 4.78 is 5.50. The Kier molecular flexibility index (Phi) is 4.51. The summed E-state index contributed by atoms with van der Waals surface area (Å²) >= 11 is 0. The Morgan fingerprint density at radius 2 is 2.12 bits per heavy atom. The zero-order chi connectivity index (χ0) is 13.1. The third kappa shape index (κ3) is 3.43. The van der Waals surface area contributed by atoms with Gasteiger partial charge >= 0.3 is 5.97 Å². The standard InChI is InChI=1S/C12H21NO4/c1-9(2)13(7-5-10(14)15)11(16)12(3)6-4-8-17-12/h9H,4-8H2,1-3H3,(H,14,15). The molecule has 1 heterocycles. The molecule has 1 N–H and O–H groups in total. The molecule has 0 aromatic heterocycles. The minimum Gasteiger partial charge on any atom is -0.481 e. The lowest BCUT2D eigenvalue weighted by Gasteiger charge is -2.33. The largest absolute Gasteiger partial charge is 0.481 e. The molecule has 5 nitrogen and oxygen atoms in total. The molecule has 0 radical (unpaired) electrons. The molecule has 1 amide bonds. The van der Waals surface area contributed by atoms with Crippen LogP contribution in [0.5, 0.6) is 0 Å². The second kappa shape index (κ2) is 5.49. The fraction of sp³-hybridized carbons (Fsp3) is 0.833. The van der Waals surface area contributed by atoms with Crippen molar-refractivity contribution in [1.29, 1.82) is 0 Å². The number of carboxylic acid groups (broad SMARTS) is 1. The van der Waals surface area contributed by atoms with E-state index in [-0.39, 0.29) is 24.9 Å². The maximum Gasteiger partial charge on any atom is 0.305 e. The molecule has 98 valence electrons. The van der Waals surface area contributed by atoms with Gasteiger partial charge in [-0.1, -0.05) is 0 Å². The maximum atomic E-state index is 12.3. The van der Waals surface area contributed by atoms with Gasteiger partial charge in [0.25, 0.3) is 5.91 Å². The lowest BCUT2D eigenvalue weighted by molar-refractivity contribution is -0.153. The first-order valence-electron chi connectivity index (χ1n) is 6.03. The van der Waals surface area contributed by atoms with Crippen LogP contribution in [0, 0.1) is 0 Å². The summed E-state index contributed by atoms with van der Waals surface area (Å²) in [4.78, 5) is 24.5. The van der Waals surface area contributed by atoms with Gasteiger partial charge in [-0.05, 0) is 33.6 Å². The Morgan fingerprint density at radius 1 is 1.47 bits per heavy atom. The smallest absolute Gasteiger partial charge is 0.305 e. The molecule has 0 aromatic rings. The Bertz CT molecular complexity index is 295. The maximum absolute atomic E-state index is 12.3. The van der Waals surface area contributed by atoms with Gasteiger partial charge in [0.15, 0.2) is 0 Å². The van der Waals surface area contributed by atoms with Gasteiger partial charge in [0.2, 0.25) is 0 Å². The van der Waals surface area contributed by atoms with Gasteiger partial charge in [-0.2, -0.15) is 0 Å². The molecule has 17 heavy (non-hydrogen) atoms. The number of carbonyl (C=O) groups excluding carboxylic acids is 1. The van der Waals surface area contributed by atoms with Crippen molar-refractivity contribution < 1.29 is 19.4 Å². The summed E-state index contributed by atoms with van der Waals surface area (Å²) in [5, 5.41) is 8.69. The van der Waals surface area contributed by atoms with E-state index in [1.165, 1.54) is 0 Å². The number of aliphatic carboxylic acids is 1. The minimum atomic E-state index is -0.888. The Labute approximate surface area is 102 Å². The van der Waals surface area contributed by atoms with Gasteiger partial charge in [0, 0.05) is 19.2 Å². The molecule has 0 bridgehead atoms.